The summed E-state index contributed by atoms with van der Waals surface area (Å²) in [6, 6.07) is 0. The van der Waals surface area contributed by atoms with Crippen LogP contribution in [0, 0.1) is 23.2 Å². The van der Waals surface area contributed by atoms with Crippen molar-refractivity contribution in [3.05, 3.63) is 11.6 Å². The SMILES string of the molecule is C[C@H]1CC[C@H]2[C@H](CCC[C@H]1O)CCC1=CC(=O)CC[C@@]12C. The Kier molecular flexibility index (Phi) is 4.27. The number of rotatable bonds is 0. The Labute approximate surface area is 129 Å². The highest BCUT2D eigenvalue weighted by Crippen LogP contribution is 2.55. The van der Waals surface area contributed by atoms with E-state index in [0.717, 1.165) is 43.9 Å². The van der Waals surface area contributed by atoms with Gasteiger partial charge in [-0.05, 0) is 67.8 Å². The lowest BCUT2D eigenvalue weighted by atomic mass is 9.54. The van der Waals surface area contributed by atoms with Crippen molar-refractivity contribution >= 4 is 5.78 Å². The first-order valence-electron chi connectivity index (χ1n) is 8.92. The van der Waals surface area contributed by atoms with Crippen LogP contribution in [0.2, 0.25) is 0 Å². The van der Waals surface area contributed by atoms with Gasteiger partial charge in [0.15, 0.2) is 5.78 Å². The molecule has 2 saturated carbocycles. The van der Waals surface area contributed by atoms with Gasteiger partial charge in [0.1, 0.15) is 0 Å². The molecule has 0 aromatic rings. The Balaban J connectivity index is 1.86. The van der Waals surface area contributed by atoms with Crippen molar-refractivity contribution < 1.29 is 9.90 Å². The maximum atomic E-state index is 11.8. The van der Waals surface area contributed by atoms with E-state index < -0.39 is 0 Å². The summed E-state index contributed by atoms with van der Waals surface area (Å²) < 4.78 is 0. The van der Waals surface area contributed by atoms with E-state index in [9.17, 15) is 9.90 Å². The van der Waals surface area contributed by atoms with E-state index in [1.54, 1.807) is 0 Å². The van der Waals surface area contributed by atoms with Crippen LogP contribution in [0.1, 0.15) is 71.6 Å². The quantitative estimate of drug-likeness (QED) is 0.723. The van der Waals surface area contributed by atoms with E-state index in [-0.39, 0.29) is 11.5 Å². The zero-order valence-electron chi connectivity index (χ0n) is 13.6. The molecule has 3 rings (SSSR count). The molecule has 118 valence electrons. The van der Waals surface area contributed by atoms with Crippen molar-refractivity contribution in [2.24, 2.45) is 23.2 Å². The van der Waals surface area contributed by atoms with E-state index >= 15 is 0 Å². The van der Waals surface area contributed by atoms with E-state index in [1.165, 1.54) is 31.3 Å². The van der Waals surface area contributed by atoms with Gasteiger partial charge in [0.25, 0.3) is 0 Å². The Morgan fingerprint density at radius 3 is 2.76 bits per heavy atom. The molecular weight excluding hydrogens is 260 g/mol. The van der Waals surface area contributed by atoms with Crippen molar-refractivity contribution in [2.75, 3.05) is 0 Å². The third kappa shape index (κ3) is 2.84. The molecule has 0 aliphatic heterocycles. The van der Waals surface area contributed by atoms with Gasteiger partial charge in [-0.15, -0.1) is 0 Å². The number of carbonyl (C=O) groups is 1. The molecule has 1 N–H and O–H groups in total. The lowest BCUT2D eigenvalue weighted by Gasteiger charge is -2.50. The summed E-state index contributed by atoms with van der Waals surface area (Å²) in [4.78, 5) is 11.8. The number of fused-ring (bicyclic) bond motifs is 3. The van der Waals surface area contributed by atoms with E-state index in [1.807, 2.05) is 6.08 Å². The third-order valence-electron chi connectivity index (χ3n) is 6.80. The van der Waals surface area contributed by atoms with Crippen LogP contribution in [-0.2, 0) is 4.79 Å². The van der Waals surface area contributed by atoms with Gasteiger partial charge in [-0.3, -0.25) is 4.79 Å². The minimum absolute atomic E-state index is 0.110. The molecule has 2 heteroatoms. The van der Waals surface area contributed by atoms with Crippen LogP contribution in [0.3, 0.4) is 0 Å². The zero-order valence-corrected chi connectivity index (χ0v) is 13.6. The average molecular weight is 290 g/mol. The number of aliphatic hydroxyl groups excluding tert-OH is 1. The first-order valence-corrected chi connectivity index (χ1v) is 8.92. The summed E-state index contributed by atoms with van der Waals surface area (Å²) in [7, 11) is 0. The van der Waals surface area contributed by atoms with Crippen molar-refractivity contribution in [1.29, 1.82) is 0 Å². The lowest BCUT2D eigenvalue weighted by Crippen LogP contribution is -2.41. The Morgan fingerprint density at radius 2 is 1.95 bits per heavy atom. The topological polar surface area (TPSA) is 37.3 Å². The van der Waals surface area contributed by atoms with Crippen LogP contribution >= 0.6 is 0 Å². The van der Waals surface area contributed by atoms with Crippen LogP contribution in [0.15, 0.2) is 11.6 Å². The van der Waals surface area contributed by atoms with Crippen LogP contribution < -0.4 is 0 Å². The molecule has 21 heavy (non-hydrogen) atoms. The van der Waals surface area contributed by atoms with Crippen LogP contribution in [0.5, 0.6) is 0 Å². The summed E-state index contributed by atoms with van der Waals surface area (Å²) in [5, 5.41) is 10.2. The molecular formula is C19H30O2. The number of ketones is 1. The molecule has 0 aromatic carbocycles. The Bertz CT molecular complexity index is 439. The fourth-order valence-corrected chi connectivity index (χ4v) is 5.23. The molecule has 2 fully saturated rings. The van der Waals surface area contributed by atoms with Crippen molar-refractivity contribution in [3.63, 3.8) is 0 Å². The fourth-order valence-electron chi connectivity index (χ4n) is 5.23. The van der Waals surface area contributed by atoms with Gasteiger partial charge in [0, 0.05) is 6.42 Å². The number of allylic oxidation sites excluding steroid dienone is 2. The predicted octanol–water partition coefficient (Wildman–Crippen LogP) is 4.27. The highest BCUT2D eigenvalue weighted by molar-refractivity contribution is 5.91. The highest BCUT2D eigenvalue weighted by Gasteiger charge is 2.46. The molecule has 5 atom stereocenters. The van der Waals surface area contributed by atoms with Gasteiger partial charge in [-0.2, -0.15) is 0 Å². The summed E-state index contributed by atoms with van der Waals surface area (Å²) in [5.41, 5.74) is 1.69. The molecule has 3 aliphatic rings. The molecule has 0 bridgehead atoms. The first kappa shape index (κ1) is 15.3. The first-order chi connectivity index (χ1) is 10.0. The molecule has 2 nitrogen and oxygen atoms in total. The van der Waals surface area contributed by atoms with Gasteiger partial charge in [0.2, 0.25) is 0 Å². The minimum atomic E-state index is -0.110. The molecule has 0 spiro atoms. The number of hydrogen-bond donors (Lipinski definition) is 1. The van der Waals surface area contributed by atoms with Crippen molar-refractivity contribution in [2.45, 2.75) is 77.7 Å². The van der Waals surface area contributed by atoms with Crippen molar-refractivity contribution in [1.82, 2.24) is 0 Å². The maximum Gasteiger partial charge on any atom is 0.155 e. The largest absolute Gasteiger partial charge is 0.393 e. The van der Waals surface area contributed by atoms with Crippen molar-refractivity contribution in [3.8, 4) is 0 Å². The van der Waals surface area contributed by atoms with Gasteiger partial charge >= 0.3 is 0 Å². The Morgan fingerprint density at radius 1 is 1.14 bits per heavy atom. The second-order valence-corrected chi connectivity index (χ2v) is 8.01. The lowest BCUT2D eigenvalue weighted by molar-refractivity contribution is -0.116. The van der Waals surface area contributed by atoms with Crippen LogP contribution in [-0.4, -0.2) is 17.0 Å². The summed E-state index contributed by atoms with van der Waals surface area (Å²) in [5.74, 6) is 2.29. The number of carbonyl (C=O) groups excluding carboxylic acids is 1. The minimum Gasteiger partial charge on any atom is -0.393 e. The molecule has 0 saturated heterocycles. The predicted molar refractivity (Wildman–Crippen MR) is 84.9 cm³/mol. The van der Waals surface area contributed by atoms with Crippen LogP contribution in [0.4, 0.5) is 0 Å². The van der Waals surface area contributed by atoms with E-state index in [2.05, 4.69) is 13.8 Å². The summed E-state index contributed by atoms with van der Waals surface area (Å²) in [6.45, 7) is 4.62. The zero-order chi connectivity index (χ0) is 15.0. The number of hydrogen-bond acceptors (Lipinski definition) is 2. The third-order valence-corrected chi connectivity index (χ3v) is 6.80. The molecule has 0 heterocycles. The smallest absolute Gasteiger partial charge is 0.155 e. The van der Waals surface area contributed by atoms with Gasteiger partial charge in [0.05, 0.1) is 6.10 Å². The molecule has 0 unspecified atom stereocenters. The monoisotopic (exact) mass is 290 g/mol. The second kappa shape index (κ2) is 5.87. The molecule has 3 aliphatic carbocycles. The summed E-state index contributed by atoms with van der Waals surface area (Å²) >= 11 is 0. The molecule has 0 aromatic heterocycles. The fraction of sp³-hybridized carbons (Fsp3) is 0.842. The summed E-state index contributed by atoms with van der Waals surface area (Å²) in [6.07, 6.45) is 11.8. The van der Waals surface area contributed by atoms with Gasteiger partial charge < -0.3 is 5.11 Å². The maximum absolute atomic E-state index is 11.8. The number of aliphatic hydroxyl groups is 1. The van der Waals surface area contributed by atoms with E-state index in [0.29, 0.717) is 11.7 Å². The average Bonchev–Trinajstić information content (AvgIpc) is 2.52. The second-order valence-electron chi connectivity index (χ2n) is 8.01. The van der Waals surface area contributed by atoms with Gasteiger partial charge in [-0.1, -0.05) is 32.3 Å². The molecule has 0 amide bonds. The van der Waals surface area contributed by atoms with Crippen LogP contribution in [0.25, 0.3) is 0 Å². The Hall–Kier alpha value is -0.630. The highest BCUT2D eigenvalue weighted by atomic mass is 16.3. The normalized spacial score (nSPS) is 44.7. The van der Waals surface area contributed by atoms with E-state index in [4.69, 9.17) is 0 Å². The molecule has 0 radical (unpaired) electrons. The van der Waals surface area contributed by atoms with Gasteiger partial charge in [-0.25, -0.2) is 0 Å². The standard InChI is InChI=1S/C19H30O2/c1-13-6-9-17-14(4-3-5-18(13)21)7-8-15-12-16(20)10-11-19(15,17)2/h12-14,17-18,21H,3-11H2,1-2H3/t13-,14+,17-,18+,19-/m0/s1.